The summed E-state index contributed by atoms with van der Waals surface area (Å²) in [5.74, 6) is 0. The molecule has 1 unspecified atom stereocenters. The molecule has 0 saturated carbocycles. The van der Waals surface area contributed by atoms with Gasteiger partial charge in [-0.05, 0) is 53.3 Å². The Bertz CT molecular complexity index is 768. The van der Waals surface area contributed by atoms with E-state index in [0.29, 0.717) is 0 Å². The van der Waals surface area contributed by atoms with Gasteiger partial charge < -0.3 is 5.73 Å². The van der Waals surface area contributed by atoms with E-state index in [1.807, 2.05) is 0 Å². The maximum absolute atomic E-state index is 6.44. The average molecular weight is 275 g/mol. The summed E-state index contributed by atoms with van der Waals surface area (Å²) in [6.07, 6.45) is 0.865. The molecular formula is C20H21N. The Kier molecular flexibility index (Phi) is 3.76. The van der Waals surface area contributed by atoms with E-state index in [1.165, 1.54) is 33.0 Å². The monoisotopic (exact) mass is 275 g/mol. The smallest absolute Gasteiger partial charge is 0.0336 e. The van der Waals surface area contributed by atoms with Crippen LogP contribution < -0.4 is 5.73 Å². The number of nitrogens with two attached hydrogens (primary N) is 1. The third-order valence-corrected chi connectivity index (χ3v) is 4.28. The fourth-order valence-corrected chi connectivity index (χ4v) is 2.82. The van der Waals surface area contributed by atoms with Gasteiger partial charge in [0.1, 0.15) is 0 Å². The SMILES string of the molecule is Cc1ccc(C(N)Cc2cccc3ccccc23)cc1C. The van der Waals surface area contributed by atoms with Crippen LogP contribution in [0.2, 0.25) is 0 Å². The number of benzene rings is 3. The second kappa shape index (κ2) is 5.71. The van der Waals surface area contributed by atoms with E-state index < -0.39 is 0 Å². The summed E-state index contributed by atoms with van der Waals surface area (Å²) in [6.45, 7) is 4.28. The van der Waals surface area contributed by atoms with E-state index in [9.17, 15) is 0 Å². The van der Waals surface area contributed by atoms with Crippen LogP contribution in [0.3, 0.4) is 0 Å². The van der Waals surface area contributed by atoms with Crippen LogP contribution in [0.5, 0.6) is 0 Å². The standard InChI is InChI=1S/C20H21N/c1-14-10-11-18(12-15(14)2)20(21)13-17-8-5-7-16-6-3-4-9-19(16)17/h3-12,20H,13,21H2,1-2H3. The molecule has 1 heteroatoms. The first kappa shape index (κ1) is 13.8. The summed E-state index contributed by atoms with van der Waals surface area (Å²) < 4.78 is 0. The van der Waals surface area contributed by atoms with Crippen molar-refractivity contribution in [3.8, 4) is 0 Å². The lowest BCUT2D eigenvalue weighted by Gasteiger charge is -2.15. The van der Waals surface area contributed by atoms with Gasteiger partial charge >= 0.3 is 0 Å². The normalized spacial score (nSPS) is 12.5. The number of hydrogen-bond acceptors (Lipinski definition) is 1. The fourth-order valence-electron chi connectivity index (χ4n) is 2.82. The largest absolute Gasteiger partial charge is 0.324 e. The minimum atomic E-state index is 0.0371. The molecule has 0 aliphatic rings. The van der Waals surface area contributed by atoms with Gasteiger partial charge in [-0.15, -0.1) is 0 Å². The fraction of sp³-hybridized carbons (Fsp3) is 0.200. The molecule has 3 rings (SSSR count). The maximum atomic E-state index is 6.44. The molecule has 0 fully saturated rings. The van der Waals surface area contributed by atoms with Crippen molar-refractivity contribution >= 4 is 10.8 Å². The first-order chi connectivity index (χ1) is 10.1. The number of rotatable bonds is 3. The van der Waals surface area contributed by atoms with Crippen LogP contribution in [0, 0.1) is 13.8 Å². The molecular weight excluding hydrogens is 254 g/mol. The number of hydrogen-bond donors (Lipinski definition) is 1. The first-order valence-electron chi connectivity index (χ1n) is 7.44. The second-order valence-corrected chi connectivity index (χ2v) is 5.79. The molecule has 1 atom stereocenters. The van der Waals surface area contributed by atoms with Crippen LogP contribution in [0.4, 0.5) is 0 Å². The van der Waals surface area contributed by atoms with Gasteiger partial charge in [-0.2, -0.15) is 0 Å². The van der Waals surface area contributed by atoms with Gasteiger partial charge in [-0.1, -0.05) is 60.7 Å². The van der Waals surface area contributed by atoms with Crippen molar-refractivity contribution in [3.05, 3.63) is 82.9 Å². The van der Waals surface area contributed by atoms with Gasteiger partial charge in [0.05, 0.1) is 0 Å². The Labute approximate surface area is 126 Å². The molecule has 21 heavy (non-hydrogen) atoms. The van der Waals surface area contributed by atoms with Crippen LogP contribution in [-0.4, -0.2) is 0 Å². The zero-order valence-electron chi connectivity index (χ0n) is 12.6. The third kappa shape index (κ3) is 2.84. The Morgan fingerprint density at radius 1 is 0.857 bits per heavy atom. The quantitative estimate of drug-likeness (QED) is 0.736. The Morgan fingerprint density at radius 2 is 1.62 bits per heavy atom. The Hall–Kier alpha value is -2.12. The molecule has 2 N–H and O–H groups in total. The van der Waals surface area contributed by atoms with Crippen LogP contribution in [0.15, 0.2) is 60.7 Å². The first-order valence-corrected chi connectivity index (χ1v) is 7.44. The minimum absolute atomic E-state index is 0.0371. The molecule has 0 aromatic heterocycles. The van der Waals surface area contributed by atoms with Crippen LogP contribution in [0.25, 0.3) is 10.8 Å². The van der Waals surface area contributed by atoms with Crippen molar-refractivity contribution in [2.75, 3.05) is 0 Å². The highest BCUT2D eigenvalue weighted by Crippen LogP contribution is 2.24. The van der Waals surface area contributed by atoms with E-state index in [4.69, 9.17) is 5.73 Å². The van der Waals surface area contributed by atoms with Gasteiger partial charge in [0, 0.05) is 6.04 Å². The topological polar surface area (TPSA) is 26.0 Å². The van der Waals surface area contributed by atoms with Crippen molar-refractivity contribution in [2.24, 2.45) is 5.73 Å². The molecule has 0 saturated heterocycles. The van der Waals surface area contributed by atoms with E-state index >= 15 is 0 Å². The van der Waals surface area contributed by atoms with E-state index in [1.54, 1.807) is 0 Å². The number of fused-ring (bicyclic) bond motifs is 1. The lowest BCUT2D eigenvalue weighted by atomic mass is 9.94. The van der Waals surface area contributed by atoms with Crippen molar-refractivity contribution in [1.82, 2.24) is 0 Å². The van der Waals surface area contributed by atoms with E-state index in [0.717, 1.165) is 6.42 Å². The molecule has 0 amide bonds. The van der Waals surface area contributed by atoms with Gasteiger partial charge in [-0.3, -0.25) is 0 Å². The van der Waals surface area contributed by atoms with Crippen molar-refractivity contribution in [3.63, 3.8) is 0 Å². The average Bonchev–Trinajstić information content (AvgIpc) is 2.50. The van der Waals surface area contributed by atoms with Crippen molar-refractivity contribution in [1.29, 1.82) is 0 Å². The van der Waals surface area contributed by atoms with Crippen molar-refractivity contribution in [2.45, 2.75) is 26.3 Å². The summed E-state index contributed by atoms with van der Waals surface area (Å²) in [5, 5.41) is 2.58. The van der Waals surface area contributed by atoms with Crippen LogP contribution in [0.1, 0.15) is 28.3 Å². The maximum Gasteiger partial charge on any atom is 0.0336 e. The van der Waals surface area contributed by atoms with Crippen molar-refractivity contribution < 1.29 is 0 Å². The summed E-state index contributed by atoms with van der Waals surface area (Å²) in [6, 6.07) is 21.5. The second-order valence-electron chi connectivity index (χ2n) is 5.79. The van der Waals surface area contributed by atoms with Gasteiger partial charge in [0.25, 0.3) is 0 Å². The predicted molar refractivity (Wildman–Crippen MR) is 90.5 cm³/mol. The zero-order valence-corrected chi connectivity index (χ0v) is 12.6. The molecule has 0 bridgehead atoms. The lowest BCUT2D eigenvalue weighted by molar-refractivity contribution is 0.724. The number of aryl methyl sites for hydroxylation is 2. The lowest BCUT2D eigenvalue weighted by Crippen LogP contribution is -2.13. The van der Waals surface area contributed by atoms with Gasteiger partial charge in [0.2, 0.25) is 0 Å². The highest BCUT2D eigenvalue weighted by Gasteiger charge is 2.10. The molecule has 0 aliphatic heterocycles. The van der Waals surface area contributed by atoms with E-state index in [-0.39, 0.29) is 6.04 Å². The van der Waals surface area contributed by atoms with Gasteiger partial charge in [-0.25, -0.2) is 0 Å². The van der Waals surface area contributed by atoms with Gasteiger partial charge in [0.15, 0.2) is 0 Å². The zero-order chi connectivity index (χ0) is 14.8. The highest BCUT2D eigenvalue weighted by atomic mass is 14.6. The summed E-state index contributed by atoms with van der Waals surface area (Å²) >= 11 is 0. The van der Waals surface area contributed by atoms with Crippen LogP contribution in [-0.2, 0) is 6.42 Å². The molecule has 0 aliphatic carbocycles. The molecule has 3 aromatic carbocycles. The molecule has 106 valence electrons. The predicted octanol–water partition coefficient (Wildman–Crippen LogP) is 4.70. The Balaban J connectivity index is 1.92. The van der Waals surface area contributed by atoms with Crippen LogP contribution >= 0.6 is 0 Å². The summed E-state index contributed by atoms with van der Waals surface area (Å²) in [7, 11) is 0. The molecule has 0 spiro atoms. The third-order valence-electron chi connectivity index (χ3n) is 4.28. The minimum Gasteiger partial charge on any atom is -0.324 e. The molecule has 1 nitrogen and oxygen atoms in total. The van der Waals surface area contributed by atoms with E-state index in [2.05, 4.69) is 74.5 Å². The summed E-state index contributed by atoms with van der Waals surface area (Å²) in [5.41, 5.74) is 11.6. The molecule has 3 aromatic rings. The molecule has 0 radical (unpaired) electrons. The molecule has 0 heterocycles. The highest BCUT2D eigenvalue weighted by molar-refractivity contribution is 5.85. The summed E-state index contributed by atoms with van der Waals surface area (Å²) in [4.78, 5) is 0. The Morgan fingerprint density at radius 3 is 2.43 bits per heavy atom.